The SMILES string of the molecule is O=C(Nc1cncc(-c2cc3c(-c4nc5c(-c6cccs6)nccc5[nH]4)n[nH]c3cc2F)c1)c1ccccc1. The number of pyridine rings is 2. The van der Waals surface area contributed by atoms with Gasteiger partial charge in [-0.2, -0.15) is 5.10 Å². The van der Waals surface area contributed by atoms with E-state index in [0.29, 0.717) is 44.8 Å². The molecule has 0 bridgehead atoms. The van der Waals surface area contributed by atoms with Gasteiger partial charge < -0.3 is 10.3 Å². The number of fused-ring (bicyclic) bond motifs is 2. The molecule has 7 rings (SSSR count). The van der Waals surface area contributed by atoms with E-state index in [2.05, 4.69) is 30.5 Å². The second-order valence-corrected chi connectivity index (χ2v) is 9.80. The van der Waals surface area contributed by atoms with Crippen LogP contribution in [0.4, 0.5) is 10.1 Å². The molecule has 0 aliphatic rings. The van der Waals surface area contributed by atoms with Gasteiger partial charge in [0.15, 0.2) is 5.82 Å². The number of anilines is 1. The summed E-state index contributed by atoms with van der Waals surface area (Å²) < 4.78 is 15.3. The fourth-order valence-electron chi connectivity index (χ4n) is 4.53. The summed E-state index contributed by atoms with van der Waals surface area (Å²) >= 11 is 1.59. The number of hydrogen-bond donors (Lipinski definition) is 3. The Morgan fingerprint density at radius 1 is 0.949 bits per heavy atom. The molecule has 188 valence electrons. The molecule has 0 aliphatic heterocycles. The zero-order valence-corrected chi connectivity index (χ0v) is 21.0. The van der Waals surface area contributed by atoms with Crippen LogP contribution in [0.5, 0.6) is 0 Å². The molecule has 5 aromatic heterocycles. The number of amides is 1. The lowest BCUT2D eigenvalue weighted by Crippen LogP contribution is -2.11. The smallest absolute Gasteiger partial charge is 0.255 e. The third-order valence-electron chi connectivity index (χ3n) is 6.37. The van der Waals surface area contributed by atoms with Gasteiger partial charge in [0.25, 0.3) is 5.91 Å². The topological polar surface area (TPSA) is 112 Å². The van der Waals surface area contributed by atoms with E-state index in [-0.39, 0.29) is 5.91 Å². The number of aromatic amines is 2. The molecular weight excluding hydrogens is 513 g/mol. The summed E-state index contributed by atoms with van der Waals surface area (Å²) in [4.78, 5) is 30.5. The van der Waals surface area contributed by atoms with Gasteiger partial charge >= 0.3 is 0 Å². The number of carbonyl (C=O) groups excluding carboxylic acids is 1. The van der Waals surface area contributed by atoms with Crippen molar-refractivity contribution >= 4 is 44.9 Å². The van der Waals surface area contributed by atoms with Crippen LogP contribution < -0.4 is 5.32 Å². The number of carbonyl (C=O) groups is 1. The van der Waals surface area contributed by atoms with Gasteiger partial charge in [-0.15, -0.1) is 11.3 Å². The second-order valence-electron chi connectivity index (χ2n) is 8.85. The van der Waals surface area contributed by atoms with Gasteiger partial charge in [-0.25, -0.2) is 9.37 Å². The fourth-order valence-corrected chi connectivity index (χ4v) is 5.25. The highest BCUT2D eigenvalue weighted by Crippen LogP contribution is 2.35. The predicted molar refractivity (Wildman–Crippen MR) is 150 cm³/mol. The maximum atomic E-state index is 15.3. The van der Waals surface area contributed by atoms with Gasteiger partial charge in [0.1, 0.15) is 22.7 Å². The number of rotatable bonds is 5. The third kappa shape index (κ3) is 4.12. The number of hydrogen-bond acceptors (Lipinski definition) is 6. The van der Waals surface area contributed by atoms with Crippen LogP contribution in [0, 0.1) is 5.82 Å². The minimum absolute atomic E-state index is 0.274. The Morgan fingerprint density at radius 3 is 2.69 bits per heavy atom. The zero-order chi connectivity index (χ0) is 26.3. The highest BCUT2D eigenvalue weighted by Gasteiger charge is 2.19. The molecule has 3 N–H and O–H groups in total. The Kier molecular flexibility index (Phi) is 5.45. The number of benzene rings is 2. The summed E-state index contributed by atoms with van der Waals surface area (Å²) in [5.41, 5.74) is 5.25. The van der Waals surface area contributed by atoms with Crippen molar-refractivity contribution in [2.24, 2.45) is 0 Å². The van der Waals surface area contributed by atoms with Crippen molar-refractivity contribution in [3.63, 3.8) is 0 Å². The van der Waals surface area contributed by atoms with Gasteiger partial charge in [0.05, 0.1) is 27.8 Å². The minimum atomic E-state index is -0.445. The van der Waals surface area contributed by atoms with Gasteiger partial charge in [-0.3, -0.25) is 19.9 Å². The summed E-state index contributed by atoms with van der Waals surface area (Å²) in [5.74, 6) is -0.176. The van der Waals surface area contributed by atoms with E-state index >= 15 is 4.39 Å². The second kappa shape index (κ2) is 9.26. The Bertz CT molecular complexity index is 1980. The predicted octanol–water partition coefficient (Wildman–Crippen LogP) is 6.68. The van der Waals surface area contributed by atoms with Crippen LogP contribution in [-0.4, -0.2) is 36.0 Å². The Labute approximate surface area is 224 Å². The molecule has 0 unspecified atom stereocenters. The molecule has 0 fully saturated rings. The monoisotopic (exact) mass is 531 g/mol. The van der Waals surface area contributed by atoms with Crippen LogP contribution in [0.2, 0.25) is 0 Å². The standard InChI is InChI=1S/C29H18FN7OS/c30-21-13-23-20(12-19(21)17-11-18(15-31-14-17)33-29(38)16-5-2-1-3-6-16)25(37-36-23)28-34-22-8-9-32-27(26(22)35-28)24-7-4-10-39-24/h1-15H,(H,33,38)(H,34,35)(H,36,37). The van der Waals surface area contributed by atoms with Crippen LogP contribution in [0.3, 0.4) is 0 Å². The molecule has 8 nitrogen and oxygen atoms in total. The van der Waals surface area contributed by atoms with E-state index < -0.39 is 5.82 Å². The summed E-state index contributed by atoms with van der Waals surface area (Å²) in [5, 5.41) is 12.9. The maximum Gasteiger partial charge on any atom is 0.255 e. The maximum absolute atomic E-state index is 15.3. The number of thiophene rings is 1. The third-order valence-corrected chi connectivity index (χ3v) is 7.25. The van der Waals surface area contributed by atoms with E-state index in [1.54, 1.807) is 60.1 Å². The number of nitrogens with one attached hydrogen (secondary N) is 3. The van der Waals surface area contributed by atoms with Crippen LogP contribution in [0.25, 0.3) is 55.2 Å². The average Bonchev–Trinajstić information content (AvgIpc) is 3.72. The van der Waals surface area contributed by atoms with Gasteiger partial charge in [-0.05, 0) is 41.8 Å². The van der Waals surface area contributed by atoms with Crippen molar-refractivity contribution in [2.45, 2.75) is 0 Å². The summed E-state index contributed by atoms with van der Waals surface area (Å²) in [7, 11) is 0. The van der Waals surface area contributed by atoms with E-state index in [4.69, 9.17) is 4.98 Å². The highest BCUT2D eigenvalue weighted by atomic mass is 32.1. The number of aromatic nitrogens is 6. The first-order valence-corrected chi connectivity index (χ1v) is 12.9. The molecule has 10 heteroatoms. The number of nitrogens with zero attached hydrogens (tertiary/aromatic N) is 4. The fraction of sp³-hybridized carbons (Fsp3) is 0. The number of halogens is 1. The summed E-state index contributed by atoms with van der Waals surface area (Å²) in [6, 6.07) is 19.5. The first-order chi connectivity index (χ1) is 19.1. The van der Waals surface area contributed by atoms with Crippen LogP contribution >= 0.6 is 11.3 Å². The molecule has 0 saturated carbocycles. The minimum Gasteiger partial charge on any atom is -0.336 e. The average molecular weight is 532 g/mol. The van der Waals surface area contributed by atoms with Crippen molar-refractivity contribution in [3.05, 3.63) is 102 Å². The van der Waals surface area contributed by atoms with Crippen molar-refractivity contribution in [3.8, 4) is 33.2 Å². The Hall–Kier alpha value is -5.22. The number of H-pyrrole nitrogens is 2. The van der Waals surface area contributed by atoms with Crippen LogP contribution in [0.15, 0.2) is 90.7 Å². The van der Waals surface area contributed by atoms with E-state index in [0.717, 1.165) is 21.6 Å². The highest BCUT2D eigenvalue weighted by molar-refractivity contribution is 7.13. The summed E-state index contributed by atoms with van der Waals surface area (Å²) in [6.07, 6.45) is 4.83. The molecule has 2 aromatic carbocycles. The molecule has 5 heterocycles. The van der Waals surface area contributed by atoms with Crippen LogP contribution in [-0.2, 0) is 0 Å². The van der Waals surface area contributed by atoms with Crippen molar-refractivity contribution in [2.75, 3.05) is 5.32 Å². The van der Waals surface area contributed by atoms with E-state index in [1.807, 2.05) is 29.6 Å². The van der Waals surface area contributed by atoms with E-state index in [1.165, 1.54) is 12.3 Å². The van der Waals surface area contributed by atoms with Crippen molar-refractivity contribution in [1.82, 2.24) is 30.1 Å². The number of imidazole rings is 1. The molecular formula is C29H18FN7OS. The lowest BCUT2D eigenvalue weighted by Gasteiger charge is -2.08. The molecule has 39 heavy (non-hydrogen) atoms. The molecule has 0 radical (unpaired) electrons. The van der Waals surface area contributed by atoms with Crippen molar-refractivity contribution in [1.29, 1.82) is 0 Å². The summed E-state index contributed by atoms with van der Waals surface area (Å²) in [6.45, 7) is 0. The Morgan fingerprint density at radius 2 is 1.85 bits per heavy atom. The molecule has 0 aliphatic carbocycles. The van der Waals surface area contributed by atoms with Gasteiger partial charge in [0.2, 0.25) is 0 Å². The quantitative estimate of drug-likeness (QED) is 0.229. The first kappa shape index (κ1) is 22.9. The molecule has 0 atom stereocenters. The first-order valence-electron chi connectivity index (χ1n) is 12.0. The molecule has 7 aromatic rings. The lowest BCUT2D eigenvalue weighted by molar-refractivity contribution is 0.102. The normalized spacial score (nSPS) is 11.3. The van der Waals surface area contributed by atoms with Gasteiger partial charge in [-0.1, -0.05) is 24.3 Å². The largest absolute Gasteiger partial charge is 0.336 e. The van der Waals surface area contributed by atoms with Crippen molar-refractivity contribution < 1.29 is 9.18 Å². The van der Waals surface area contributed by atoms with Gasteiger partial charge in [0, 0.05) is 40.5 Å². The molecule has 0 spiro atoms. The lowest BCUT2D eigenvalue weighted by atomic mass is 10.0. The molecule has 0 saturated heterocycles. The van der Waals surface area contributed by atoms with Crippen LogP contribution in [0.1, 0.15) is 10.4 Å². The Balaban J connectivity index is 1.28. The zero-order valence-electron chi connectivity index (χ0n) is 20.1. The molecule has 1 amide bonds. The van der Waals surface area contributed by atoms with E-state index in [9.17, 15) is 4.79 Å².